The van der Waals surface area contributed by atoms with Crippen LogP contribution in [0.25, 0.3) is 23.0 Å². The highest BCUT2D eigenvalue weighted by Gasteiger charge is 2.12. The number of aryl methyl sites for hydroxylation is 1. The molecule has 0 saturated carbocycles. The Morgan fingerprint density at radius 2 is 1.79 bits per heavy atom. The molecule has 0 bridgehead atoms. The van der Waals surface area contributed by atoms with E-state index in [1.807, 2.05) is 67.7 Å². The smallest absolute Gasteiger partial charge is 0.221 e. The fourth-order valence-corrected chi connectivity index (χ4v) is 3.01. The third kappa shape index (κ3) is 4.04. The molecule has 144 valence electrons. The number of carbonyl (C=O) groups is 1. The Kier molecular flexibility index (Phi) is 5.12. The molecule has 2 aromatic carbocycles. The van der Waals surface area contributed by atoms with Crippen LogP contribution in [-0.2, 0) is 0 Å². The SMILES string of the molecule is COc1ccc(-c2nn(-c3ccccc3)cc2/C=C/C(=O)c2ccc(C)o2)cc1. The van der Waals surface area contributed by atoms with Gasteiger partial charge in [0.2, 0.25) is 5.78 Å². The lowest BCUT2D eigenvalue weighted by Gasteiger charge is -2.02. The third-order valence-corrected chi connectivity index (χ3v) is 4.52. The van der Waals surface area contributed by atoms with Gasteiger partial charge < -0.3 is 9.15 Å². The van der Waals surface area contributed by atoms with Crippen LogP contribution in [0.3, 0.4) is 0 Å². The van der Waals surface area contributed by atoms with E-state index >= 15 is 0 Å². The number of rotatable bonds is 6. The summed E-state index contributed by atoms with van der Waals surface area (Å²) < 4.78 is 12.5. The number of allylic oxidation sites excluding steroid dienone is 1. The first-order valence-corrected chi connectivity index (χ1v) is 9.22. The van der Waals surface area contributed by atoms with E-state index in [1.54, 1.807) is 30.0 Å². The lowest BCUT2D eigenvalue weighted by molar-refractivity contribution is 0.102. The average molecular weight is 384 g/mol. The minimum atomic E-state index is -0.189. The number of benzene rings is 2. The summed E-state index contributed by atoms with van der Waals surface area (Å²) in [7, 11) is 1.63. The molecule has 2 heterocycles. The Morgan fingerprint density at radius 1 is 1.03 bits per heavy atom. The Morgan fingerprint density at radius 3 is 2.45 bits per heavy atom. The van der Waals surface area contributed by atoms with E-state index in [-0.39, 0.29) is 5.78 Å². The summed E-state index contributed by atoms with van der Waals surface area (Å²) in [5.74, 6) is 1.61. The molecule has 4 aromatic rings. The highest BCUT2D eigenvalue weighted by atomic mass is 16.5. The van der Waals surface area contributed by atoms with E-state index in [0.717, 1.165) is 28.3 Å². The molecule has 0 atom stereocenters. The molecule has 29 heavy (non-hydrogen) atoms. The van der Waals surface area contributed by atoms with E-state index in [2.05, 4.69) is 0 Å². The number of hydrogen-bond acceptors (Lipinski definition) is 4. The molecule has 0 fully saturated rings. The van der Waals surface area contributed by atoms with Gasteiger partial charge in [-0.05, 0) is 67.6 Å². The fraction of sp³-hybridized carbons (Fsp3) is 0.0833. The molecule has 0 aliphatic carbocycles. The molecule has 0 unspecified atom stereocenters. The van der Waals surface area contributed by atoms with Gasteiger partial charge in [0, 0.05) is 17.3 Å². The van der Waals surface area contributed by atoms with Gasteiger partial charge in [-0.2, -0.15) is 5.10 Å². The number of carbonyl (C=O) groups excluding carboxylic acids is 1. The Labute approximate surface area is 168 Å². The van der Waals surface area contributed by atoms with Gasteiger partial charge >= 0.3 is 0 Å². The molecule has 0 aliphatic rings. The maximum absolute atomic E-state index is 12.4. The normalized spacial score (nSPS) is 11.1. The van der Waals surface area contributed by atoms with Crippen LogP contribution in [0.15, 0.2) is 83.4 Å². The van der Waals surface area contributed by atoms with Gasteiger partial charge in [0.25, 0.3) is 0 Å². The van der Waals surface area contributed by atoms with Gasteiger partial charge in [0.15, 0.2) is 5.76 Å². The zero-order chi connectivity index (χ0) is 20.2. The molecule has 5 heteroatoms. The Balaban J connectivity index is 1.73. The number of nitrogens with zero attached hydrogens (tertiary/aromatic N) is 2. The first kappa shape index (κ1) is 18.5. The lowest BCUT2D eigenvalue weighted by Crippen LogP contribution is -1.94. The van der Waals surface area contributed by atoms with Crippen molar-refractivity contribution >= 4 is 11.9 Å². The lowest BCUT2D eigenvalue weighted by atomic mass is 10.1. The van der Waals surface area contributed by atoms with Gasteiger partial charge in [-0.3, -0.25) is 4.79 Å². The van der Waals surface area contributed by atoms with Crippen molar-refractivity contribution < 1.29 is 13.9 Å². The van der Waals surface area contributed by atoms with Crippen LogP contribution >= 0.6 is 0 Å². The van der Waals surface area contributed by atoms with Crippen molar-refractivity contribution in [3.05, 3.63) is 96.1 Å². The van der Waals surface area contributed by atoms with E-state index in [9.17, 15) is 4.79 Å². The van der Waals surface area contributed by atoms with Crippen LogP contribution in [0, 0.1) is 6.92 Å². The van der Waals surface area contributed by atoms with Crippen molar-refractivity contribution in [3.8, 4) is 22.7 Å². The van der Waals surface area contributed by atoms with Gasteiger partial charge in [0.05, 0.1) is 18.5 Å². The molecule has 0 aliphatic heterocycles. The van der Waals surface area contributed by atoms with E-state index < -0.39 is 0 Å². The summed E-state index contributed by atoms with van der Waals surface area (Å²) in [5.41, 5.74) is 3.48. The predicted octanol–water partition coefficient (Wildman–Crippen LogP) is 5.35. The second kappa shape index (κ2) is 8.02. The minimum absolute atomic E-state index is 0.189. The summed E-state index contributed by atoms with van der Waals surface area (Å²) in [4.78, 5) is 12.4. The fourth-order valence-electron chi connectivity index (χ4n) is 3.01. The van der Waals surface area contributed by atoms with Gasteiger partial charge in [-0.25, -0.2) is 4.68 Å². The van der Waals surface area contributed by atoms with Crippen LogP contribution in [0.4, 0.5) is 0 Å². The summed E-state index contributed by atoms with van der Waals surface area (Å²) in [6, 6.07) is 21.0. The highest BCUT2D eigenvalue weighted by Crippen LogP contribution is 2.27. The first-order chi connectivity index (χ1) is 14.1. The van der Waals surface area contributed by atoms with E-state index in [1.165, 1.54) is 6.08 Å². The summed E-state index contributed by atoms with van der Waals surface area (Å²) >= 11 is 0. The molecule has 0 saturated heterocycles. The van der Waals surface area contributed by atoms with Gasteiger partial charge in [-0.15, -0.1) is 0 Å². The first-order valence-electron chi connectivity index (χ1n) is 9.22. The number of para-hydroxylation sites is 1. The molecule has 2 aromatic heterocycles. The number of methoxy groups -OCH3 is 1. The van der Waals surface area contributed by atoms with Crippen LogP contribution < -0.4 is 4.74 Å². The van der Waals surface area contributed by atoms with Gasteiger partial charge in [0.1, 0.15) is 11.5 Å². The highest BCUT2D eigenvalue weighted by molar-refractivity contribution is 6.05. The monoisotopic (exact) mass is 384 g/mol. The minimum Gasteiger partial charge on any atom is -0.497 e. The maximum Gasteiger partial charge on any atom is 0.221 e. The number of aromatic nitrogens is 2. The zero-order valence-corrected chi connectivity index (χ0v) is 16.2. The average Bonchev–Trinajstić information content (AvgIpc) is 3.39. The van der Waals surface area contributed by atoms with Crippen molar-refractivity contribution in [2.24, 2.45) is 0 Å². The number of furan rings is 1. The summed E-state index contributed by atoms with van der Waals surface area (Å²) in [6.45, 7) is 1.81. The predicted molar refractivity (Wildman–Crippen MR) is 112 cm³/mol. The summed E-state index contributed by atoms with van der Waals surface area (Å²) in [5, 5.41) is 4.75. The van der Waals surface area contributed by atoms with Crippen LogP contribution in [-0.4, -0.2) is 22.7 Å². The van der Waals surface area contributed by atoms with Crippen LogP contribution in [0.5, 0.6) is 5.75 Å². The van der Waals surface area contributed by atoms with E-state index in [0.29, 0.717) is 11.5 Å². The molecular weight excluding hydrogens is 364 g/mol. The Hall–Kier alpha value is -3.86. The molecule has 0 N–H and O–H groups in total. The van der Waals surface area contributed by atoms with E-state index in [4.69, 9.17) is 14.3 Å². The molecular formula is C24H20N2O3. The quantitative estimate of drug-likeness (QED) is 0.332. The Bertz CT molecular complexity index is 1150. The molecule has 0 spiro atoms. The second-order valence-electron chi connectivity index (χ2n) is 6.55. The number of ketones is 1. The van der Waals surface area contributed by atoms with Gasteiger partial charge in [-0.1, -0.05) is 18.2 Å². The standard InChI is InChI=1S/C24H20N2O3/c1-17-8-15-23(29-17)22(27)14-11-19-16-26(20-6-4-3-5-7-20)25-24(19)18-9-12-21(28-2)13-10-18/h3-16H,1-2H3/b14-11+. The topological polar surface area (TPSA) is 57.3 Å². The zero-order valence-electron chi connectivity index (χ0n) is 16.2. The largest absolute Gasteiger partial charge is 0.497 e. The molecule has 0 amide bonds. The number of hydrogen-bond donors (Lipinski definition) is 0. The summed E-state index contributed by atoms with van der Waals surface area (Å²) in [6.07, 6.45) is 5.19. The van der Waals surface area contributed by atoms with Crippen molar-refractivity contribution in [2.75, 3.05) is 7.11 Å². The number of ether oxygens (including phenoxy) is 1. The van der Waals surface area contributed by atoms with Crippen molar-refractivity contribution in [3.63, 3.8) is 0 Å². The van der Waals surface area contributed by atoms with Crippen LogP contribution in [0.1, 0.15) is 21.9 Å². The van der Waals surface area contributed by atoms with Crippen molar-refractivity contribution in [1.82, 2.24) is 9.78 Å². The molecule has 5 nitrogen and oxygen atoms in total. The van der Waals surface area contributed by atoms with Crippen molar-refractivity contribution in [2.45, 2.75) is 6.92 Å². The second-order valence-corrected chi connectivity index (χ2v) is 6.55. The molecule has 0 radical (unpaired) electrons. The van der Waals surface area contributed by atoms with Crippen LogP contribution in [0.2, 0.25) is 0 Å². The van der Waals surface area contributed by atoms with Crippen molar-refractivity contribution in [1.29, 1.82) is 0 Å². The third-order valence-electron chi connectivity index (χ3n) is 4.52. The maximum atomic E-state index is 12.4. The molecule has 4 rings (SSSR count).